The summed E-state index contributed by atoms with van der Waals surface area (Å²) in [5.41, 5.74) is 0.0705. The first-order valence-corrected chi connectivity index (χ1v) is 23.9. The molecule has 8 aliphatic rings. The molecule has 0 aromatic carbocycles. The van der Waals surface area contributed by atoms with Gasteiger partial charge in [-0.1, -0.05) is 27.7 Å². The van der Waals surface area contributed by atoms with Gasteiger partial charge < -0.3 is 94.4 Å². The van der Waals surface area contributed by atoms with Crippen molar-refractivity contribution in [1.29, 1.82) is 0 Å². The van der Waals surface area contributed by atoms with E-state index in [1.807, 2.05) is 6.92 Å². The van der Waals surface area contributed by atoms with Crippen molar-refractivity contribution in [3.63, 3.8) is 0 Å². The Morgan fingerprint density at radius 1 is 0.625 bits per heavy atom. The van der Waals surface area contributed by atoms with Crippen molar-refractivity contribution >= 4 is 0 Å². The summed E-state index contributed by atoms with van der Waals surface area (Å²) < 4.78 is 41.6. The van der Waals surface area contributed by atoms with Crippen molar-refractivity contribution in [3.8, 4) is 0 Å². The average molecular weight is 921 g/mol. The van der Waals surface area contributed by atoms with E-state index in [2.05, 4.69) is 20.8 Å². The maximum atomic E-state index is 12.0. The first-order chi connectivity index (χ1) is 30.3. The predicted octanol–water partition coefficient (Wildman–Crippen LogP) is -1.78. The van der Waals surface area contributed by atoms with E-state index in [9.17, 15) is 61.3 Å². The topological polar surface area (TPSA) is 307 Å². The van der Waals surface area contributed by atoms with Crippen LogP contribution in [0.5, 0.6) is 0 Å². The molecule has 27 atom stereocenters. The largest absolute Gasteiger partial charge is 0.394 e. The third-order valence-electron chi connectivity index (χ3n) is 18.0. The molecule has 0 aromatic rings. The molecule has 4 aliphatic carbocycles. The molecule has 27 unspecified atom stereocenters. The fraction of sp³-hybridized carbons (Fsp3) is 1.00. The van der Waals surface area contributed by atoms with Crippen molar-refractivity contribution in [2.45, 2.75) is 202 Å². The molecule has 4 heterocycles. The van der Waals surface area contributed by atoms with Gasteiger partial charge in [-0.3, -0.25) is 0 Å². The van der Waals surface area contributed by atoms with Crippen LogP contribution in [0.2, 0.25) is 0 Å². The summed E-state index contributed by atoms with van der Waals surface area (Å²) in [6.45, 7) is 7.28. The zero-order valence-corrected chi connectivity index (χ0v) is 37.5. The summed E-state index contributed by atoms with van der Waals surface area (Å²) in [5, 5.41) is 125. The highest BCUT2D eigenvalue weighted by atomic mass is 16.7. The van der Waals surface area contributed by atoms with Crippen LogP contribution >= 0.6 is 0 Å². The lowest BCUT2D eigenvalue weighted by Crippen LogP contribution is -2.65. The number of aliphatic hydroxyl groups is 12. The molecule has 4 saturated carbocycles. The molecule has 64 heavy (non-hydrogen) atoms. The molecule has 0 radical (unpaired) electrons. The Kier molecular flexibility index (Phi) is 14.9. The van der Waals surface area contributed by atoms with Crippen LogP contribution in [0.15, 0.2) is 0 Å². The molecule has 0 spiro atoms. The first kappa shape index (κ1) is 49.7. The van der Waals surface area contributed by atoms with Crippen molar-refractivity contribution in [1.82, 2.24) is 0 Å². The smallest absolute Gasteiger partial charge is 0.187 e. The van der Waals surface area contributed by atoms with E-state index < -0.39 is 118 Å². The molecule has 19 heteroatoms. The van der Waals surface area contributed by atoms with Crippen LogP contribution in [-0.4, -0.2) is 198 Å². The summed E-state index contributed by atoms with van der Waals surface area (Å²) in [5.74, 6) is 0.598. The maximum absolute atomic E-state index is 12.0. The molecule has 0 amide bonds. The second-order valence-corrected chi connectivity index (χ2v) is 21.5. The Morgan fingerprint density at radius 3 is 1.84 bits per heavy atom. The third kappa shape index (κ3) is 8.65. The minimum atomic E-state index is -1.76. The van der Waals surface area contributed by atoms with Crippen LogP contribution in [-0.2, 0) is 33.2 Å². The summed E-state index contributed by atoms with van der Waals surface area (Å²) in [6, 6.07) is 0. The van der Waals surface area contributed by atoms with Gasteiger partial charge in [0.1, 0.15) is 73.2 Å². The molecule has 4 saturated heterocycles. The summed E-state index contributed by atoms with van der Waals surface area (Å²) in [7, 11) is 0. The average Bonchev–Trinajstić information content (AvgIpc) is 3.71. The minimum Gasteiger partial charge on any atom is -0.394 e. The molecule has 0 bridgehead atoms. The number of rotatable bonds is 13. The van der Waals surface area contributed by atoms with E-state index in [1.165, 1.54) is 0 Å². The fourth-order valence-electron chi connectivity index (χ4n) is 14.2. The van der Waals surface area contributed by atoms with Gasteiger partial charge in [-0.25, -0.2) is 0 Å². The number of hydrogen-bond donors (Lipinski definition) is 12. The molecule has 8 fully saturated rings. The van der Waals surface area contributed by atoms with Crippen molar-refractivity contribution in [3.05, 3.63) is 0 Å². The van der Waals surface area contributed by atoms with Crippen LogP contribution in [0.1, 0.15) is 91.9 Å². The Hall–Kier alpha value is -0.760. The molecule has 8 rings (SSSR count). The lowest BCUT2D eigenvalue weighted by molar-refractivity contribution is -0.365. The van der Waals surface area contributed by atoms with Crippen molar-refractivity contribution in [2.75, 3.05) is 26.4 Å². The van der Waals surface area contributed by atoms with Crippen LogP contribution in [0.25, 0.3) is 0 Å². The van der Waals surface area contributed by atoms with Gasteiger partial charge in [-0.2, -0.15) is 0 Å². The number of fused-ring (bicyclic) bond motifs is 7. The predicted molar refractivity (Wildman–Crippen MR) is 219 cm³/mol. The van der Waals surface area contributed by atoms with Crippen LogP contribution in [0.4, 0.5) is 0 Å². The molecular formula is C45H76O19. The zero-order valence-electron chi connectivity index (χ0n) is 37.5. The quantitative estimate of drug-likeness (QED) is 0.0909. The second kappa shape index (κ2) is 19.2. The van der Waals surface area contributed by atoms with E-state index in [0.717, 1.165) is 44.9 Å². The van der Waals surface area contributed by atoms with Gasteiger partial charge >= 0.3 is 0 Å². The second-order valence-electron chi connectivity index (χ2n) is 21.5. The highest BCUT2D eigenvalue weighted by molar-refractivity contribution is 5.15. The summed E-state index contributed by atoms with van der Waals surface area (Å²) in [6.07, 6.45) is -13.7. The normalized spacial score (nSPS) is 55.6. The number of ether oxygens (including phenoxy) is 7. The van der Waals surface area contributed by atoms with E-state index in [0.29, 0.717) is 42.9 Å². The molecule has 370 valence electrons. The van der Waals surface area contributed by atoms with Crippen LogP contribution in [0, 0.1) is 52.3 Å². The standard InChI is InChI=1S/C45H76O19/c1-19(18-58-40-36(54)34(52)31(49)27(15-46)60-40)7-12-45(57)20(2)30-26(64-45)14-25-23-6-5-21-13-22(8-10-43(21,3)24(23)9-11-44(25,30)4)59-42-38(56)39(33(51)29(17-48)62-42)63-41-37(55)35(53)32(50)28(16-47)61-41/h19-42,46-57H,5-18H2,1-4H3. The van der Waals surface area contributed by atoms with E-state index in [-0.39, 0.29) is 47.4 Å². The number of hydrogen-bond acceptors (Lipinski definition) is 19. The van der Waals surface area contributed by atoms with Crippen molar-refractivity contribution in [2.24, 2.45) is 52.3 Å². The highest BCUT2D eigenvalue weighted by Gasteiger charge is 2.68. The Labute approximate surface area is 374 Å². The Morgan fingerprint density at radius 2 is 1.20 bits per heavy atom. The molecule has 19 nitrogen and oxygen atoms in total. The molecular weight excluding hydrogens is 844 g/mol. The first-order valence-electron chi connectivity index (χ1n) is 23.9. The highest BCUT2D eigenvalue weighted by Crippen LogP contribution is 2.71. The van der Waals surface area contributed by atoms with Gasteiger partial charge in [0.25, 0.3) is 0 Å². The fourth-order valence-corrected chi connectivity index (χ4v) is 14.2. The Balaban J connectivity index is 0.853. The van der Waals surface area contributed by atoms with Gasteiger partial charge in [-0.05, 0) is 104 Å². The van der Waals surface area contributed by atoms with Gasteiger partial charge in [0, 0.05) is 12.3 Å². The lowest BCUT2D eigenvalue weighted by atomic mass is 9.44. The summed E-state index contributed by atoms with van der Waals surface area (Å²) in [4.78, 5) is 0. The van der Waals surface area contributed by atoms with Gasteiger partial charge in [-0.15, -0.1) is 0 Å². The van der Waals surface area contributed by atoms with Gasteiger partial charge in [0.2, 0.25) is 0 Å². The van der Waals surface area contributed by atoms with E-state index in [1.54, 1.807) is 0 Å². The van der Waals surface area contributed by atoms with Gasteiger partial charge in [0.15, 0.2) is 24.7 Å². The van der Waals surface area contributed by atoms with E-state index in [4.69, 9.17) is 33.2 Å². The number of aliphatic hydroxyl groups excluding tert-OH is 11. The molecule has 0 aromatic heterocycles. The van der Waals surface area contributed by atoms with Gasteiger partial charge in [0.05, 0.1) is 38.6 Å². The third-order valence-corrected chi connectivity index (χ3v) is 18.0. The summed E-state index contributed by atoms with van der Waals surface area (Å²) >= 11 is 0. The lowest BCUT2D eigenvalue weighted by Gasteiger charge is -2.61. The molecule has 4 aliphatic heterocycles. The molecule has 12 N–H and O–H groups in total. The van der Waals surface area contributed by atoms with E-state index >= 15 is 0 Å². The Bertz CT molecular complexity index is 1560. The monoisotopic (exact) mass is 920 g/mol. The minimum absolute atomic E-state index is 0.00751. The maximum Gasteiger partial charge on any atom is 0.187 e. The van der Waals surface area contributed by atoms with Crippen LogP contribution in [0.3, 0.4) is 0 Å². The van der Waals surface area contributed by atoms with Crippen LogP contribution < -0.4 is 0 Å². The zero-order chi connectivity index (χ0) is 46.2. The SMILES string of the molecule is CC(CCC1(O)OC2CC3C4CCC5CC(OC6OC(CO)C(O)C(OC7OC(CO)C(O)C(O)C7O)C6O)CCC5(C)C4CCC3(C)C2C1C)COC1OC(CO)C(O)C(O)C1O. The van der Waals surface area contributed by atoms with Crippen molar-refractivity contribution < 1.29 is 94.4 Å².